The Kier molecular flexibility index (Phi) is 4.91. The number of aromatic nitrogens is 3. The van der Waals surface area contributed by atoms with Crippen LogP contribution < -0.4 is 4.57 Å². The first-order valence-corrected chi connectivity index (χ1v) is 10.2. The molecule has 0 aliphatic carbocycles. The van der Waals surface area contributed by atoms with Crippen molar-refractivity contribution in [3.05, 3.63) is 77.4 Å². The lowest BCUT2D eigenvalue weighted by molar-refractivity contribution is -0.662. The van der Waals surface area contributed by atoms with E-state index >= 15 is 0 Å². The third kappa shape index (κ3) is 3.42. The average Bonchev–Trinajstić information content (AvgIpc) is 2.70. The Morgan fingerprint density at radius 3 is 2.38 bits per heavy atom. The molecule has 0 bridgehead atoms. The Morgan fingerprint density at radius 2 is 1.69 bits per heavy atom. The highest BCUT2D eigenvalue weighted by atomic mass is 15.0. The number of fused-ring (bicyclic) bond motifs is 1. The van der Waals surface area contributed by atoms with Gasteiger partial charge in [-0.1, -0.05) is 37.6 Å². The van der Waals surface area contributed by atoms with Gasteiger partial charge in [-0.05, 0) is 67.1 Å². The van der Waals surface area contributed by atoms with Crippen molar-refractivity contribution in [1.82, 2.24) is 9.97 Å². The van der Waals surface area contributed by atoms with Gasteiger partial charge in [-0.3, -0.25) is 4.98 Å². The van der Waals surface area contributed by atoms with E-state index in [-0.39, 0.29) is 0 Å². The van der Waals surface area contributed by atoms with Gasteiger partial charge in [-0.2, -0.15) is 0 Å². The molecular formula is C26H28N3+. The van der Waals surface area contributed by atoms with E-state index in [0.717, 1.165) is 27.7 Å². The van der Waals surface area contributed by atoms with Gasteiger partial charge in [0.25, 0.3) is 6.33 Å². The van der Waals surface area contributed by atoms with Crippen molar-refractivity contribution in [1.29, 1.82) is 0 Å². The fraction of sp³-hybridized carbons (Fsp3) is 0.269. The molecule has 0 aliphatic heterocycles. The summed E-state index contributed by atoms with van der Waals surface area (Å²) in [6.45, 7) is 10.9. The van der Waals surface area contributed by atoms with Crippen LogP contribution in [0, 0.1) is 20.8 Å². The first-order chi connectivity index (χ1) is 13.9. The van der Waals surface area contributed by atoms with Crippen molar-refractivity contribution < 1.29 is 4.57 Å². The second kappa shape index (κ2) is 7.40. The van der Waals surface area contributed by atoms with Crippen LogP contribution in [-0.2, 0) is 7.05 Å². The van der Waals surface area contributed by atoms with Crippen molar-refractivity contribution in [3.8, 4) is 22.4 Å². The zero-order valence-corrected chi connectivity index (χ0v) is 18.1. The molecule has 4 rings (SSSR count). The molecular weight excluding hydrogens is 354 g/mol. The summed E-state index contributed by atoms with van der Waals surface area (Å²) in [6, 6.07) is 15.2. The van der Waals surface area contributed by atoms with Gasteiger partial charge in [0.2, 0.25) is 0 Å². The number of para-hydroxylation sites is 1. The van der Waals surface area contributed by atoms with Crippen LogP contribution in [0.15, 0.2) is 55.0 Å². The summed E-state index contributed by atoms with van der Waals surface area (Å²) in [7, 11) is 2.07. The molecule has 0 aliphatic rings. The maximum absolute atomic E-state index is 4.81. The Labute approximate surface area is 173 Å². The summed E-state index contributed by atoms with van der Waals surface area (Å²) in [5.74, 6) is 0.424. The zero-order chi connectivity index (χ0) is 20.7. The van der Waals surface area contributed by atoms with E-state index in [1.54, 1.807) is 0 Å². The summed E-state index contributed by atoms with van der Waals surface area (Å²) in [4.78, 5) is 9.47. The molecule has 0 unspecified atom stereocenters. The monoisotopic (exact) mass is 382 g/mol. The number of rotatable bonds is 3. The number of hydrogen-bond donors (Lipinski definition) is 0. The van der Waals surface area contributed by atoms with E-state index in [1.165, 1.54) is 27.9 Å². The Bertz CT molecular complexity index is 1210. The molecule has 146 valence electrons. The van der Waals surface area contributed by atoms with E-state index in [4.69, 9.17) is 4.98 Å². The number of benzene rings is 2. The molecule has 2 aromatic heterocycles. The van der Waals surface area contributed by atoms with Gasteiger partial charge in [0, 0.05) is 28.6 Å². The van der Waals surface area contributed by atoms with Crippen LogP contribution in [0.1, 0.15) is 42.1 Å². The summed E-state index contributed by atoms with van der Waals surface area (Å²) in [5.41, 5.74) is 10.7. The quantitative estimate of drug-likeness (QED) is 0.417. The van der Waals surface area contributed by atoms with Crippen LogP contribution in [0.3, 0.4) is 0 Å². The lowest BCUT2D eigenvalue weighted by Crippen LogP contribution is -2.32. The molecule has 4 aromatic rings. The van der Waals surface area contributed by atoms with Gasteiger partial charge in [0.1, 0.15) is 5.69 Å². The highest BCUT2D eigenvalue weighted by Crippen LogP contribution is 2.33. The summed E-state index contributed by atoms with van der Waals surface area (Å²) in [5, 5.41) is 1.16. The topological polar surface area (TPSA) is 29.7 Å². The van der Waals surface area contributed by atoms with Crippen molar-refractivity contribution in [2.45, 2.75) is 40.5 Å². The average molecular weight is 383 g/mol. The predicted molar refractivity (Wildman–Crippen MR) is 120 cm³/mol. The Hall–Kier alpha value is -3.07. The van der Waals surface area contributed by atoms with E-state index in [1.807, 2.05) is 12.5 Å². The van der Waals surface area contributed by atoms with Crippen LogP contribution in [0.25, 0.3) is 33.3 Å². The molecule has 0 radical (unpaired) electrons. The van der Waals surface area contributed by atoms with Crippen molar-refractivity contribution >= 4 is 10.9 Å². The molecule has 3 heteroatoms. The Balaban J connectivity index is 1.98. The molecule has 29 heavy (non-hydrogen) atoms. The highest BCUT2D eigenvalue weighted by Gasteiger charge is 2.20. The van der Waals surface area contributed by atoms with Crippen LogP contribution in [-0.4, -0.2) is 9.97 Å². The van der Waals surface area contributed by atoms with Crippen molar-refractivity contribution in [2.75, 3.05) is 0 Å². The minimum Gasteiger partial charge on any atom is -0.260 e. The van der Waals surface area contributed by atoms with Gasteiger partial charge in [-0.15, -0.1) is 0 Å². The molecule has 0 fully saturated rings. The third-order valence-electron chi connectivity index (χ3n) is 5.76. The first kappa shape index (κ1) is 19.3. The molecule has 3 nitrogen and oxygen atoms in total. The lowest BCUT2D eigenvalue weighted by Gasteiger charge is -2.13. The van der Waals surface area contributed by atoms with Gasteiger partial charge in [0.05, 0.1) is 12.4 Å². The van der Waals surface area contributed by atoms with Gasteiger partial charge in [-0.25, -0.2) is 4.57 Å². The summed E-state index contributed by atoms with van der Waals surface area (Å²) in [6.07, 6.45) is 3.90. The van der Waals surface area contributed by atoms with Crippen LogP contribution >= 0.6 is 0 Å². The third-order valence-corrected chi connectivity index (χ3v) is 5.76. The molecule has 0 amide bonds. The summed E-state index contributed by atoms with van der Waals surface area (Å²) < 4.78 is 2.13. The highest BCUT2D eigenvalue weighted by molar-refractivity contribution is 5.99. The molecule has 0 atom stereocenters. The van der Waals surface area contributed by atoms with E-state index in [9.17, 15) is 0 Å². The fourth-order valence-electron chi connectivity index (χ4n) is 4.03. The van der Waals surface area contributed by atoms with Crippen molar-refractivity contribution in [3.63, 3.8) is 0 Å². The van der Waals surface area contributed by atoms with E-state index in [2.05, 4.69) is 93.7 Å². The van der Waals surface area contributed by atoms with Gasteiger partial charge in [0.15, 0.2) is 5.52 Å². The second-order valence-corrected chi connectivity index (χ2v) is 8.29. The smallest absolute Gasteiger partial charge is 0.260 e. The molecule has 0 saturated heterocycles. The second-order valence-electron chi connectivity index (χ2n) is 8.29. The predicted octanol–water partition coefficient (Wildman–Crippen LogP) is 5.84. The maximum atomic E-state index is 4.81. The largest absolute Gasteiger partial charge is 0.287 e. The SMILES string of the molecule is Cc1cc(C)c(C)c(-c2c3cccc(-c4ccc(C(C)C)nc4)c3nc[n+]2C)c1. The van der Waals surface area contributed by atoms with Gasteiger partial charge < -0.3 is 0 Å². The minimum absolute atomic E-state index is 0.424. The number of nitrogens with zero attached hydrogens (tertiary/aromatic N) is 3. The van der Waals surface area contributed by atoms with Crippen LogP contribution in [0.5, 0.6) is 0 Å². The van der Waals surface area contributed by atoms with Crippen LogP contribution in [0.2, 0.25) is 0 Å². The molecule has 0 spiro atoms. The number of hydrogen-bond acceptors (Lipinski definition) is 2. The lowest BCUT2D eigenvalue weighted by atomic mass is 9.94. The van der Waals surface area contributed by atoms with Crippen LogP contribution in [0.4, 0.5) is 0 Å². The number of aryl methyl sites for hydroxylation is 3. The van der Waals surface area contributed by atoms with Gasteiger partial charge >= 0.3 is 0 Å². The molecule has 0 saturated carbocycles. The Morgan fingerprint density at radius 1 is 0.897 bits per heavy atom. The standard InChI is InChI=1S/C26H28N3/c1-16(2)24-11-10-20(14-27-24)21-8-7-9-22-25(21)28-15-29(6)26(22)23-13-17(3)12-18(4)19(23)5/h7-16H,1-6H3/q+1. The molecule has 2 heterocycles. The zero-order valence-electron chi connectivity index (χ0n) is 18.1. The summed E-state index contributed by atoms with van der Waals surface area (Å²) >= 11 is 0. The maximum Gasteiger partial charge on any atom is 0.287 e. The van der Waals surface area contributed by atoms with Crippen molar-refractivity contribution in [2.24, 2.45) is 7.05 Å². The number of pyridine rings is 1. The fourth-order valence-corrected chi connectivity index (χ4v) is 4.03. The first-order valence-electron chi connectivity index (χ1n) is 10.2. The van der Waals surface area contributed by atoms with E-state index in [0.29, 0.717) is 5.92 Å². The molecule has 0 N–H and O–H groups in total. The minimum atomic E-state index is 0.424. The van der Waals surface area contributed by atoms with E-state index < -0.39 is 0 Å². The molecule has 2 aromatic carbocycles. The normalized spacial score (nSPS) is 11.4.